The fourth-order valence-corrected chi connectivity index (χ4v) is 5.98. The first-order chi connectivity index (χ1) is 19.3. The number of pyridine rings is 2. The molecule has 8 heteroatoms. The van der Waals surface area contributed by atoms with E-state index in [2.05, 4.69) is 22.5 Å². The first-order valence-electron chi connectivity index (χ1n) is 14.0. The minimum atomic E-state index is -0.736. The lowest BCUT2D eigenvalue weighted by molar-refractivity contribution is 0.316. The molecule has 0 radical (unpaired) electrons. The predicted octanol–water partition coefficient (Wildman–Crippen LogP) is 7.35. The third-order valence-electron chi connectivity index (χ3n) is 8.83. The van der Waals surface area contributed by atoms with Crippen LogP contribution >= 0.6 is 0 Å². The van der Waals surface area contributed by atoms with E-state index in [4.69, 9.17) is 9.72 Å². The van der Waals surface area contributed by atoms with Crippen molar-refractivity contribution in [2.24, 2.45) is 0 Å². The van der Waals surface area contributed by atoms with Gasteiger partial charge in [0, 0.05) is 29.6 Å². The Bertz CT molecular complexity index is 1520. The molecule has 3 aliphatic rings. The highest BCUT2D eigenvalue weighted by Gasteiger charge is 2.41. The fraction of sp³-hybridized carbons (Fsp3) is 0.406. The van der Waals surface area contributed by atoms with E-state index in [9.17, 15) is 5.26 Å². The molecule has 0 N–H and O–H groups in total. The van der Waals surface area contributed by atoms with Crippen LogP contribution in [0.25, 0.3) is 11.3 Å². The lowest BCUT2D eigenvalue weighted by Gasteiger charge is -2.48. The van der Waals surface area contributed by atoms with Gasteiger partial charge < -0.3 is 14.5 Å². The number of ether oxygens (including phenoxy) is 1. The Morgan fingerprint density at radius 2 is 1.88 bits per heavy atom. The molecule has 0 atom stereocenters. The fourth-order valence-electron chi connectivity index (χ4n) is 5.98. The summed E-state index contributed by atoms with van der Waals surface area (Å²) < 4.78 is 36.9. The summed E-state index contributed by atoms with van der Waals surface area (Å²) in [7, 11) is 1.39. The van der Waals surface area contributed by atoms with Crippen LogP contribution in [0.5, 0.6) is 5.75 Å². The van der Waals surface area contributed by atoms with E-state index in [1.165, 1.54) is 13.2 Å². The first kappa shape index (κ1) is 26.2. The van der Waals surface area contributed by atoms with Gasteiger partial charge in [-0.15, -0.1) is 0 Å². The molecule has 0 saturated heterocycles. The van der Waals surface area contributed by atoms with Crippen molar-refractivity contribution in [3.8, 4) is 23.1 Å². The Morgan fingerprint density at radius 1 is 1.10 bits per heavy atom. The van der Waals surface area contributed by atoms with Crippen LogP contribution < -0.4 is 14.5 Å². The van der Waals surface area contributed by atoms with Crippen LogP contribution in [-0.4, -0.2) is 23.1 Å². The van der Waals surface area contributed by atoms with Crippen LogP contribution in [0, 0.1) is 23.0 Å². The van der Waals surface area contributed by atoms with E-state index >= 15 is 8.78 Å². The zero-order valence-corrected chi connectivity index (χ0v) is 23.2. The summed E-state index contributed by atoms with van der Waals surface area (Å²) in [5.74, 6) is -0.940. The Kier molecular flexibility index (Phi) is 6.48. The normalized spacial score (nSPS) is 18.2. The summed E-state index contributed by atoms with van der Waals surface area (Å²) in [4.78, 5) is 13.1. The van der Waals surface area contributed by atoms with Crippen molar-refractivity contribution >= 4 is 11.4 Å². The number of benzene rings is 1. The third-order valence-corrected chi connectivity index (χ3v) is 8.83. The summed E-state index contributed by atoms with van der Waals surface area (Å²) in [6.45, 7) is 8.32. The van der Waals surface area contributed by atoms with Crippen LogP contribution in [0.1, 0.15) is 75.1 Å². The van der Waals surface area contributed by atoms with Gasteiger partial charge in [0.15, 0.2) is 17.4 Å². The number of hydrogen-bond donors (Lipinski definition) is 0. The molecule has 0 spiro atoms. The number of nitriles is 1. The van der Waals surface area contributed by atoms with Crippen molar-refractivity contribution < 1.29 is 13.5 Å². The Morgan fingerprint density at radius 3 is 2.42 bits per heavy atom. The summed E-state index contributed by atoms with van der Waals surface area (Å²) in [5.41, 5.74) is 4.01. The lowest BCUT2D eigenvalue weighted by Crippen LogP contribution is -2.48. The number of anilines is 2. The van der Waals surface area contributed by atoms with Crippen LogP contribution in [0.2, 0.25) is 0 Å². The standard InChI is InChI=1S/C32H33F2N5O/c1-19(2)24-13-27(40-4)30(34)31(29(24)33)38-17-22-16-36-25(14-26(22)39(20(38)3)23-7-5-8-23)21-9-10-28(37-15-21)32(18-35)11-6-12-32/h9-10,13-16,19,23H,3,5-8,11-12,17H2,1-2,4H3. The Hall–Kier alpha value is -3.99. The molecular weight excluding hydrogens is 508 g/mol. The van der Waals surface area contributed by atoms with E-state index in [-0.39, 0.29) is 29.9 Å². The van der Waals surface area contributed by atoms with Crippen LogP contribution in [0.15, 0.2) is 49.1 Å². The second kappa shape index (κ2) is 9.88. The minimum absolute atomic E-state index is 0.0124. The molecule has 2 aromatic heterocycles. The van der Waals surface area contributed by atoms with Gasteiger partial charge in [-0.2, -0.15) is 5.26 Å². The second-order valence-electron chi connectivity index (χ2n) is 11.4. The van der Waals surface area contributed by atoms with Crippen LogP contribution in [0.4, 0.5) is 20.2 Å². The quantitative estimate of drug-likeness (QED) is 0.325. The van der Waals surface area contributed by atoms with E-state index in [0.717, 1.165) is 66.7 Å². The molecule has 2 fully saturated rings. The molecule has 0 unspecified atom stereocenters. The number of aromatic nitrogens is 2. The third kappa shape index (κ3) is 4.02. The molecule has 40 heavy (non-hydrogen) atoms. The molecule has 0 bridgehead atoms. The van der Waals surface area contributed by atoms with Gasteiger partial charge in [0.25, 0.3) is 0 Å². The summed E-state index contributed by atoms with van der Waals surface area (Å²) >= 11 is 0. The molecule has 2 saturated carbocycles. The van der Waals surface area contributed by atoms with Crippen molar-refractivity contribution in [3.63, 3.8) is 0 Å². The van der Waals surface area contributed by atoms with Crippen molar-refractivity contribution in [1.82, 2.24) is 9.97 Å². The zero-order valence-electron chi connectivity index (χ0n) is 23.2. The molecule has 2 aliphatic carbocycles. The van der Waals surface area contributed by atoms with Crippen LogP contribution in [-0.2, 0) is 12.0 Å². The van der Waals surface area contributed by atoms with Gasteiger partial charge in [-0.1, -0.05) is 20.4 Å². The van der Waals surface area contributed by atoms with Gasteiger partial charge in [0.1, 0.15) is 11.5 Å². The number of halogens is 2. The van der Waals surface area contributed by atoms with Crippen molar-refractivity contribution in [2.75, 3.05) is 16.9 Å². The molecule has 1 aliphatic heterocycles. The highest BCUT2D eigenvalue weighted by molar-refractivity contribution is 5.74. The summed E-state index contributed by atoms with van der Waals surface area (Å²) in [6.07, 6.45) is 9.33. The van der Waals surface area contributed by atoms with Gasteiger partial charge in [-0.25, -0.2) is 8.78 Å². The van der Waals surface area contributed by atoms with Gasteiger partial charge in [0.05, 0.1) is 42.2 Å². The summed E-state index contributed by atoms with van der Waals surface area (Å²) in [5, 5.41) is 9.68. The van der Waals surface area contributed by atoms with Gasteiger partial charge in [-0.3, -0.25) is 9.97 Å². The van der Waals surface area contributed by atoms with E-state index in [0.29, 0.717) is 11.4 Å². The molecule has 3 heterocycles. The Balaban J connectivity index is 1.41. The largest absolute Gasteiger partial charge is 0.494 e. The van der Waals surface area contributed by atoms with Gasteiger partial charge in [-0.05, 0) is 74.3 Å². The number of rotatable bonds is 6. The topological polar surface area (TPSA) is 65.3 Å². The average molecular weight is 542 g/mol. The zero-order chi connectivity index (χ0) is 28.2. The van der Waals surface area contributed by atoms with E-state index < -0.39 is 17.0 Å². The predicted molar refractivity (Wildman–Crippen MR) is 151 cm³/mol. The number of methoxy groups -OCH3 is 1. The van der Waals surface area contributed by atoms with E-state index in [1.54, 1.807) is 17.3 Å². The monoisotopic (exact) mass is 541 g/mol. The van der Waals surface area contributed by atoms with Crippen molar-refractivity contribution in [2.45, 2.75) is 76.3 Å². The molecule has 6 nitrogen and oxygen atoms in total. The first-order valence-corrected chi connectivity index (χ1v) is 14.0. The highest BCUT2D eigenvalue weighted by Crippen LogP contribution is 2.46. The molecule has 3 aromatic rings. The molecule has 6 rings (SSSR count). The van der Waals surface area contributed by atoms with Crippen LogP contribution in [0.3, 0.4) is 0 Å². The molecule has 206 valence electrons. The Labute approximate surface area is 233 Å². The average Bonchev–Trinajstić information content (AvgIpc) is 2.89. The van der Waals surface area contributed by atoms with Crippen molar-refractivity contribution in [1.29, 1.82) is 5.26 Å². The maximum Gasteiger partial charge on any atom is 0.191 e. The minimum Gasteiger partial charge on any atom is -0.494 e. The smallest absolute Gasteiger partial charge is 0.191 e. The molecular formula is C32H33F2N5O. The highest BCUT2D eigenvalue weighted by atomic mass is 19.1. The van der Waals surface area contributed by atoms with E-state index in [1.807, 2.05) is 32.0 Å². The number of fused-ring (bicyclic) bond motifs is 1. The SMILES string of the molecule is C=C1N(c2c(F)c(OC)cc(C(C)C)c2F)Cc2cnc(-c3ccc(C4(C#N)CCC4)nc3)cc2N1C1CCC1. The number of hydrogen-bond acceptors (Lipinski definition) is 6. The number of nitrogens with zero attached hydrogens (tertiary/aromatic N) is 5. The van der Waals surface area contributed by atoms with Gasteiger partial charge in [0.2, 0.25) is 0 Å². The molecule has 0 amide bonds. The maximum atomic E-state index is 15.9. The maximum absolute atomic E-state index is 15.9. The van der Waals surface area contributed by atoms with Gasteiger partial charge >= 0.3 is 0 Å². The lowest BCUT2D eigenvalue weighted by atomic mass is 9.67. The summed E-state index contributed by atoms with van der Waals surface area (Å²) in [6, 6.07) is 10.0. The second-order valence-corrected chi connectivity index (χ2v) is 11.4. The molecule has 1 aromatic carbocycles. The van der Waals surface area contributed by atoms with Crippen molar-refractivity contribution in [3.05, 3.63) is 77.5 Å².